The van der Waals surface area contributed by atoms with Crippen LogP contribution in [0.5, 0.6) is 0 Å². The first-order valence-corrected chi connectivity index (χ1v) is 6.92. The van der Waals surface area contributed by atoms with E-state index in [1.807, 2.05) is 30.3 Å². The van der Waals surface area contributed by atoms with Crippen molar-refractivity contribution in [1.82, 2.24) is 10.4 Å². The molecular weight excluding hydrogens is 272 g/mol. The average Bonchev–Trinajstić information content (AvgIpc) is 2.44. The van der Waals surface area contributed by atoms with Gasteiger partial charge in [-0.1, -0.05) is 51.1 Å². The van der Waals surface area contributed by atoms with Gasteiger partial charge in [-0.3, -0.25) is 10.2 Å². The SMILES string of the molecule is CCN(NC(=O)OCc1ccccc1)[C@H](C(=O)O)C(C)C. The van der Waals surface area contributed by atoms with Crippen LogP contribution in [0.25, 0.3) is 0 Å². The number of carboxylic acids is 1. The van der Waals surface area contributed by atoms with Crippen molar-refractivity contribution in [3.8, 4) is 0 Å². The molecule has 6 heteroatoms. The lowest BCUT2D eigenvalue weighted by atomic mass is 10.0. The molecule has 0 bridgehead atoms. The van der Waals surface area contributed by atoms with Gasteiger partial charge in [-0.25, -0.2) is 9.80 Å². The van der Waals surface area contributed by atoms with Gasteiger partial charge >= 0.3 is 12.1 Å². The van der Waals surface area contributed by atoms with Crippen LogP contribution in [0.4, 0.5) is 4.79 Å². The highest BCUT2D eigenvalue weighted by atomic mass is 16.6. The van der Waals surface area contributed by atoms with E-state index < -0.39 is 18.1 Å². The van der Waals surface area contributed by atoms with Crippen molar-refractivity contribution in [2.24, 2.45) is 5.92 Å². The molecule has 0 radical (unpaired) electrons. The number of rotatable bonds is 7. The van der Waals surface area contributed by atoms with Gasteiger partial charge in [0, 0.05) is 6.54 Å². The van der Waals surface area contributed by atoms with Crippen molar-refractivity contribution in [3.05, 3.63) is 35.9 Å². The van der Waals surface area contributed by atoms with Gasteiger partial charge in [-0.15, -0.1) is 0 Å². The topological polar surface area (TPSA) is 78.9 Å². The average molecular weight is 294 g/mol. The third-order valence-corrected chi connectivity index (χ3v) is 3.01. The number of hydrogen-bond donors (Lipinski definition) is 2. The Morgan fingerprint density at radius 1 is 1.29 bits per heavy atom. The fourth-order valence-electron chi connectivity index (χ4n) is 2.00. The van der Waals surface area contributed by atoms with E-state index in [9.17, 15) is 14.7 Å². The molecule has 0 aromatic heterocycles. The molecule has 0 aliphatic rings. The zero-order valence-electron chi connectivity index (χ0n) is 12.6. The second-order valence-electron chi connectivity index (χ2n) is 4.99. The molecule has 116 valence electrons. The maximum Gasteiger partial charge on any atom is 0.422 e. The van der Waals surface area contributed by atoms with E-state index >= 15 is 0 Å². The van der Waals surface area contributed by atoms with Gasteiger partial charge in [0.15, 0.2) is 0 Å². The summed E-state index contributed by atoms with van der Waals surface area (Å²) in [6, 6.07) is 8.49. The maximum atomic E-state index is 11.8. The smallest absolute Gasteiger partial charge is 0.422 e. The Morgan fingerprint density at radius 3 is 2.38 bits per heavy atom. The first-order valence-electron chi connectivity index (χ1n) is 6.92. The molecule has 2 N–H and O–H groups in total. The Balaban J connectivity index is 2.56. The van der Waals surface area contributed by atoms with Gasteiger partial charge in [-0.2, -0.15) is 0 Å². The number of nitrogens with zero attached hydrogens (tertiary/aromatic N) is 1. The third kappa shape index (κ3) is 5.43. The number of hydrazine groups is 1. The van der Waals surface area contributed by atoms with E-state index in [1.165, 1.54) is 5.01 Å². The molecule has 0 fully saturated rings. The van der Waals surface area contributed by atoms with Gasteiger partial charge in [-0.05, 0) is 11.5 Å². The van der Waals surface area contributed by atoms with E-state index in [0.717, 1.165) is 5.56 Å². The van der Waals surface area contributed by atoms with Gasteiger partial charge in [0.25, 0.3) is 0 Å². The molecule has 0 aliphatic carbocycles. The summed E-state index contributed by atoms with van der Waals surface area (Å²) in [4.78, 5) is 23.0. The number of aliphatic carboxylic acids is 1. The number of hydrogen-bond acceptors (Lipinski definition) is 4. The van der Waals surface area contributed by atoms with Crippen molar-refractivity contribution < 1.29 is 19.4 Å². The highest BCUT2D eigenvalue weighted by Gasteiger charge is 2.29. The van der Waals surface area contributed by atoms with Crippen molar-refractivity contribution in [2.45, 2.75) is 33.4 Å². The molecule has 0 heterocycles. The lowest BCUT2D eigenvalue weighted by Crippen LogP contribution is -2.53. The van der Waals surface area contributed by atoms with Crippen LogP contribution in [0, 0.1) is 5.92 Å². The Bertz CT molecular complexity index is 462. The number of carboxylic acid groups (broad SMARTS) is 1. The van der Waals surface area contributed by atoms with Crippen molar-refractivity contribution in [1.29, 1.82) is 0 Å². The molecule has 21 heavy (non-hydrogen) atoms. The minimum atomic E-state index is -0.977. The van der Waals surface area contributed by atoms with Crippen molar-refractivity contribution >= 4 is 12.1 Å². The second-order valence-corrected chi connectivity index (χ2v) is 4.99. The number of benzene rings is 1. The standard InChI is InChI=1S/C15H22N2O4/c1-4-17(13(11(2)3)14(18)19)16-15(20)21-10-12-8-6-5-7-9-12/h5-9,11,13H,4,10H2,1-3H3,(H,16,20)(H,18,19)/t13-/m0/s1. The van der Waals surface area contributed by atoms with Gasteiger partial charge < -0.3 is 9.84 Å². The van der Waals surface area contributed by atoms with E-state index in [4.69, 9.17) is 4.74 Å². The van der Waals surface area contributed by atoms with Crippen LogP contribution in [0.3, 0.4) is 0 Å². The predicted molar refractivity (Wildman–Crippen MR) is 78.4 cm³/mol. The zero-order valence-corrected chi connectivity index (χ0v) is 12.6. The molecule has 6 nitrogen and oxygen atoms in total. The highest BCUT2D eigenvalue weighted by Crippen LogP contribution is 2.09. The van der Waals surface area contributed by atoms with Crippen LogP contribution >= 0.6 is 0 Å². The number of carbonyl (C=O) groups is 2. The van der Waals surface area contributed by atoms with Crippen molar-refractivity contribution in [2.75, 3.05) is 6.54 Å². The molecule has 1 amide bonds. The molecule has 0 unspecified atom stereocenters. The fraction of sp³-hybridized carbons (Fsp3) is 0.467. The molecule has 0 aliphatic heterocycles. The summed E-state index contributed by atoms with van der Waals surface area (Å²) < 4.78 is 5.09. The van der Waals surface area contributed by atoms with Crippen LogP contribution in [-0.4, -0.2) is 34.8 Å². The normalized spacial score (nSPS) is 12.2. The van der Waals surface area contributed by atoms with E-state index in [-0.39, 0.29) is 12.5 Å². The molecule has 0 saturated heterocycles. The fourth-order valence-corrected chi connectivity index (χ4v) is 2.00. The molecule has 1 rings (SSSR count). The number of likely N-dealkylation sites (N-methyl/N-ethyl adjacent to an activating group) is 1. The monoisotopic (exact) mass is 294 g/mol. The lowest BCUT2D eigenvalue weighted by Gasteiger charge is -2.29. The van der Waals surface area contributed by atoms with Crippen LogP contribution in [-0.2, 0) is 16.1 Å². The molecule has 1 atom stereocenters. The summed E-state index contributed by atoms with van der Waals surface area (Å²) in [5, 5.41) is 10.6. The highest BCUT2D eigenvalue weighted by molar-refractivity contribution is 5.74. The summed E-state index contributed by atoms with van der Waals surface area (Å²) in [5.74, 6) is -1.12. The molecule has 0 spiro atoms. The number of carbonyl (C=O) groups excluding carboxylic acids is 1. The molecule has 1 aromatic rings. The minimum Gasteiger partial charge on any atom is -0.480 e. The van der Waals surface area contributed by atoms with E-state index in [2.05, 4.69) is 5.43 Å². The maximum absolute atomic E-state index is 11.8. The summed E-state index contributed by atoms with van der Waals surface area (Å²) in [6.45, 7) is 5.87. The number of ether oxygens (including phenoxy) is 1. The van der Waals surface area contributed by atoms with Crippen LogP contribution in [0.1, 0.15) is 26.3 Å². The summed E-state index contributed by atoms with van der Waals surface area (Å²) in [5.41, 5.74) is 3.36. The largest absolute Gasteiger partial charge is 0.480 e. The van der Waals surface area contributed by atoms with Crippen LogP contribution in [0.2, 0.25) is 0 Å². The molecular formula is C15H22N2O4. The predicted octanol–water partition coefficient (Wildman–Crippen LogP) is 2.26. The summed E-state index contributed by atoms with van der Waals surface area (Å²) in [7, 11) is 0. The van der Waals surface area contributed by atoms with Gasteiger partial charge in [0.1, 0.15) is 12.6 Å². The Kier molecular flexibility index (Phi) is 6.68. The molecule has 1 aromatic carbocycles. The summed E-state index contributed by atoms with van der Waals surface area (Å²) in [6.07, 6.45) is -0.660. The quantitative estimate of drug-likeness (QED) is 0.754. The van der Waals surface area contributed by atoms with Gasteiger partial charge in [0.05, 0.1) is 0 Å². The zero-order chi connectivity index (χ0) is 15.8. The Hall–Kier alpha value is -2.08. The third-order valence-electron chi connectivity index (χ3n) is 3.01. The van der Waals surface area contributed by atoms with Crippen molar-refractivity contribution in [3.63, 3.8) is 0 Å². The lowest BCUT2D eigenvalue weighted by molar-refractivity contribution is -0.146. The summed E-state index contributed by atoms with van der Waals surface area (Å²) >= 11 is 0. The number of amides is 1. The second kappa shape index (κ2) is 8.26. The van der Waals surface area contributed by atoms with Crippen LogP contribution < -0.4 is 5.43 Å². The number of nitrogens with one attached hydrogen (secondary N) is 1. The van der Waals surface area contributed by atoms with E-state index in [0.29, 0.717) is 6.54 Å². The minimum absolute atomic E-state index is 0.142. The van der Waals surface area contributed by atoms with E-state index in [1.54, 1.807) is 20.8 Å². The first kappa shape index (κ1) is 17.0. The van der Waals surface area contributed by atoms with Crippen LogP contribution in [0.15, 0.2) is 30.3 Å². The Morgan fingerprint density at radius 2 is 1.90 bits per heavy atom. The van der Waals surface area contributed by atoms with Gasteiger partial charge in [0.2, 0.25) is 0 Å². The molecule has 0 saturated carbocycles. The Labute approximate surface area is 124 Å². The first-order chi connectivity index (χ1) is 9.95.